The third-order valence-electron chi connectivity index (χ3n) is 2.97. The number of carbonyl (C=O) groups excluding carboxylic acids is 1. The minimum atomic E-state index is -0.356. The number of anilines is 1. The van der Waals surface area contributed by atoms with Crippen molar-refractivity contribution in [1.82, 2.24) is 4.90 Å². The number of nitrogens with two attached hydrogens (primary N) is 1. The number of hydrogen-bond donors (Lipinski definition) is 1. The Morgan fingerprint density at radius 3 is 2.88 bits per heavy atom. The number of rotatable bonds is 2. The van der Waals surface area contributed by atoms with Gasteiger partial charge in [0.15, 0.2) is 6.10 Å². The first-order valence-electron chi connectivity index (χ1n) is 5.36. The summed E-state index contributed by atoms with van der Waals surface area (Å²) in [5.41, 5.74) is 7.37. The molecule has 4 nitrogen and oxygen atoms in total. The lowest BCUT2D eigenvalue weighted by atomic mass is 10.2. The number of amides is 1. The summed E-state index contributed by atoms with van der Waals surface area (Å²) in [6.45, 7) is 2.65. The van der Waals surface area contributed by atoms with Crippen LogP contribution < -0.4 is 10.5 Å². The standard InChI is InChI=1S/C12H16N2O2/c1-8-9(13)4-3-5-10(8)16-11-6-7-14(2)12(11)15/h3-5,11H,6-7,13H2,1-2H3. The SMILES string of the molecule is Cc1c(N)cccc1OC1CCN(C)C1=O. The van der Waals surface area contributed by atoms with Crippen LogP contribution in [0.4, 0.5) is 5.69 Å². The fourth-order valence-corrected chi connectivity index (χ4v) is 1.81. The quantitative estimate of drug-likeness (QED) is 0.762. The molecule has 1 aliphatic heterocycles. The van der Waals surface area contributed by atoms with Crippen molar-refractivity contribution < 1.29 is 9.53 Å². The zero-order chi connectivity index (χ0) is 11.7. The highest BCUT2D eigenvalue weighted by atomic mass is 16.5. The molecule has 1 atom stereocenters. The van der Waals surface area contributed by atoms with Gasteiger partial charge in [0.1, 0.15) is 5.75 Å². The van der Waals surface area contributed by atoms with Crippen LogP contribution in [-0.4, -0.2) is 30.5 Å². The van der Waals surface area contributed by atoms with Crippen LogP contribution in [0.1, 0.15) is 12.0 Å². The summed E-state index contributed by atoms with van der Waals surface area (Å²) in [7, 11) is 1.79. The van der Waals surface area contributed by atoms with Gasteiger partial charge in [0, 0.05) is 31.3 Å². The molecule has 2 rings (SSSR count). The van der Waals surface area contributed by atoms with Crippen LogP contribution in [-0.2, 0) is 4.79 Å². The molecule has 0 spiro atoms. The summed E-state index contributed by atoms with van der Waals surface area (Å²) in [4.78, 5) is 13.4. The first kappa shape index (κ1) is 10.8. The van der Waals surface area contributed by atoms with Crippen LogP contribution in [0, 0.1) is 6.92 Å². The molecule has 0 aliphatic carbocycles. The Balaban J connectivity index is 2.16. The molecule has 0 bridgehead atoms. The van der Waals surface area contributed by atoms with Gasteiger partial charge in [-0.2, -0.15) is 0 Å². The van der Waals surface area contributed by atoms with Crippen LogP contribution in [0.3, 0.4) is 0 Å². The molecule has 0 radical (unpaired) electrons. The molecule has 86 valence electrons. The molecule has 0 aromatic heterocycles. The highest BCUT2D eigenvalue weighted by Crippen LogP contribution is 2.26. The molecule has 1 aliphatic rings. The van der Waals surface area contributed by atoms with Crippen molar-refractivity contribution in [3.8, 4) is 5.75 Å². The average molecular weight is 220 g/mol. The van der Waals surface area contributed by atoms with Crippen molar-refractivity contribution in [2.45, 2.75) is 19.4 Å². The Bertz CT molecular complexity index is 417. The van der Waals surface area contributed by atoms with Gasteiger partial charge in [0.25, 0.3) is 5.91 Å². The van der Waals surface area contributed by atoms with Crippen LogP contribution in [0.25, 0.3) is 0 Å². The number of ether oxygens (including phenoxy) is 1. The van der Waals surface area contributed by atoms with Gasteiger partial charge in [-0.3, -0.25) is 4.79 Å². The molecule has 1 unspecified atom stereocenters. The molecule has 1 heterocycles. The van der Waals surface area contributed by atoms with Crippen LogP contribution in [0.5, 0.6) is 5.75 Å². The Morgan fingerprint density at radius 1 is 1.50 bits per heavy atom. The van der Waals surface area contributed by atoms with Crippen molar-refractivity contribution >= 4 is 11.6 Å². The van der Waals surface area contributed by atoms with Gasteiger partial charge in [-0.25, -0.2) is 0 Å². The minimum absolute atomic E-state index is 0.0434. The number of benzene rings is 1. The van der Waals surface area contributed by atoms with Crippen molar-refractivity contribution in [2.75, 3.05) is 19.3 Å². The van der Waals surface area contributed by atoms with E-state index in [0.29, 0.717) is 11.4 Å². The van der Waals surface area contributed by atoms with E-state index in [2.05, 4.69) is 0 Å². The molecule has 4 heteroatoms. The minimum Gasteiger partial charge on any atom is -0.480 e. The van der Waals surface area contributed by atoms with Crippen LogP contribution in [0.15, 0.2) is 18.2 Å². The van der Waals surface area contributed by atoms with Crippen LogP contribution >= 0.6 is 0 Å². The largest absolute Gasteiger partial charge is 0.480 e. The summed E-state index contributed by atoms with van der Waals surface area (Å²) in [5, 5.41) is 0. The third-order valence-corrected chi connectivity index (χ3v) is 2.97. The lowest BCUT2D eigenvalue weighted by Gasteiger charge is -2.15. The number of carbonyl (C=O) groups is 1. The van der Waals surface area contributed by atoms with Crippen molar-refractivity contribution in [3.05, 3.63) is 23.8 Å². The normalized spacial score (nSPS) is 20.2. The summed E-state index contributed by atoms with van der Waals surface area (Å²) in [6, 6.07) is 5.50. The van der Waals surface area contributed by atoms with Gasteiger partial charge < -0.3 is 15.4 Å². The Kier molecular flexibility index (Phi) is 2.73. The zero-order valence-corrected chi connectivity index (χ0v) is 9.56. The summed E-state index contributed by atoms with van der Waals surface area (Å²) in [5.74, 6) is 0.746. The second-order valence-electron chi connectivity index (χ2n) is 4.13. The molecular weight excluding hydrogens is 204 g/mol. The van der Waals surface area contributed by atoms with Crippen molar-refractivity contribution in [2.24, 2.45) is 0 Å². The topological polar surface area (TPSA) is 55.6 Å². The summed E-state index contributed by atoms with van der Waals surface area (Å²) >= 11 is 0. The molecular formula is C12H16N2O2. The maximum atomic E-state index is 11.7. The Labute approximate surface area is 95.0 Å². The van der Waals surface area contributed by atoms with Crippen molar-refractivity contribution in [3.63, 3.8) is 0 Å². The predicted octanol–water partition coefficient (Wildman–Crippen LogP) is 1.19. The molecule has 1 amide bonds. The summed E-state index contributed by atoms with van der Waals surface area (Å²) in [6.07, 6.45) is 0.384. The molecule has 16 heavy (non-hydrogen) atoms. The van der Waals surface area contributed by atoms with E-state index in [9.17, 15) is 4.79 Å². The van der Waals surface area contributed by atoms with Gasteiger partial charge in [-0.1, -0.05) is 6.07 Å². The van der Waals surface area contributed by atoms with Gasteiger partial charge >= 0.3 is 0 Å². The first-order valence-corrected chi connectivity index (χ1v) is 5.36. The number of likely N-dealkylation sites (N-methyl/N-ethyl adjacent to an activating group) is 1. The molecule has 1 saturated heterocycles. The van der Waals surface area contributed by atoms with E-state index in [-0.39, 0.29) is 12.0 Å². The molecule has 2 N–H and O–H groups in total. The maximum absolute atomic E-state index is 11.7. The second-order valence-corrected chi connectivity index (χ2v) is 4.13. The van der Waals surface area contributed by atoms with E-state index >= 15 is 0 Å². The summed E-state index contributed by atoms with van der Waals surface area (Å²) < 4.78 is 5.70. The van der Waals surface area contributed by atoms with Gasteiger partial charge in [0.05, 0.1) is 0 Å². The smallest absolute Gasteiger partial charge is 0.263 e. The van der Waals surface area contributed by atoms with E-state index in [1.807, 2.05) is 25.1 Å². The zero-order valence-electron chi connectivity index (χ0n) is 9.56. The molecule has 1 aromatic carbocycles. The van der Waals surface area contributed by atoms with Crippen molar-refractivity contribution in [1.29, 1.82) is 0 Å². The van der Waals surface area contributed by atoms with Crippen LogP contribution in [0.2, 0.25) is 0 Å². The molecule has 0 saturated carbocycles. The Hall–Kier alpha value is -1.71. The predicted molar refractivity (Wildman–Crippen MR) is 62.3 cm³/mol. The number of hydrogen-bond acceptors (Lipinski definition) is 3. The lowest BCUT2D eigenvalue weighted by molar-refractivity contribution is -0.132. The monoisotopic (exact) mass is 220 g/mol. The van der Waals surface area contributed by atoms with Gasteiger partial charge in [0.2, 0.25) is 0 Å². The fourth-order valence-electron chi connectivity index (χ4n) is 1.81. The number of likely N-dealkylation sites (tertiary alicyclic amines) is 1. The number of nitrogens with zero attached hydrogens (tertiary/aromatic N) is 1. The van der Waals surface area contributed by atoms with E-state index < -0.39 is 0 Å². The second kappa shape index (κ2) is 4.04. The average Bonchev–Trinajstić information content (AvgIpc) is 2.57. The van der Waals surface area contributed by atoms with Gasteiger partial charge in [-0.05, 0) is 19.1 Å². The number of nitrogen functional groups attached to an aromatic ring is 1. The van der Waals surface area contributed by atoms with E-state index in [0.717, 1.165) is 18.5 Å². The Morgan fingerprint density at radius 2 is 2.25 bits per heavy atom. The fraction of sp³-hybridized carbons (Fsp3) is 0.417. The van der Waals surface area contributed by atoms with E-state index in [4.69, 9.17) is 10.5 Å². The maximum Gasteiger partial charge on any atom is 0.263 e. The highest BCUT2D eigenvalue weighted by molar-refractivity contribution is 5.83. The van der Waals surface area contributed by atoms with Gasteiger partial charge in [-0.15, -0.1) is 0 Å². The highest BCUT2D eigenvalue weighted by Gasteiger charge is 2.31. The van der Waals surface area contributed by atoms with E-state index in [1.54, 1.807) is 11.9 Å². The first-order chi connectivity index (χ1) is 7.59. The molecule has 1 aromatic rings. The lowest BCUT2D eigenvalue weighted by Crippen LogP contribution is -2.29. The van der Waals surface area contributed by atoms with E-state index in [1.165, 1.54) is 0 Å². The third kappa shape index (κ3) is 1.83. The molecule has 1 fully saturated rings.